The molecule has 8 nitrogen and oxygen atoms in total. The van der Waals surface area contributed by atoms with E-state index >= 15 is 0 Å². The van der Waals surface area contributed by atoms with Crippen molar-refractivity contribution in [2.75, 3.05) is 10.6 Å². The summed E-state index contributed by atoms with van der Waals surface area (Å²) < 4.78 is 47.2. The van der Waals surface area contributed by atoms with E-state index in [1.54, 1.807) is 0 Å². The van der Waals surface area contributed by atoms with Gasteiger partial charge < -0.3 is 10.2 Å². The van der Waals surface area contributed by atoms with Gasteiger partial charge in [-0.1, -0.05) is 6.07 Å². The normalized spacial score (nSPS) is 11.4. The molecule has 2 aromatic rings. The zero-order chi connectivity index (χ0) is 18.1. The quantitative estimate of drug-likeness (QED) is 0.673. The summed E-state index contributed by atoms with van der Waals surface area (Å²) in [7, 11) is -6.77. The van der Waals surface area contributed by atoms with Crippen molar-refractivity contribution >= 4 is 38.1 Å². The minimum atomic E-state index is -3.54. The van der Waals surface area contributed by atoms with Gasteiger partial charge in [-0.3, -0.25) is 0 Å². The number of phenols is 1. The first-order valence-electron chi connectivity index (χ1n) is 6.42. The Labute approximate surface area is 139 Å². The molecule has 0 radical (unpaired) electrons. The van der Waals surface area contributed by atoms with Gasteiger partial charge in [0.05, 0.1) is 16.3 Å². The summed E-state index contributed by atoms with van der Waals surface area (Å²) in [6.45, 7) is 0. The van der Waals surface area contributed by atoms with Gasteiger partial charge in [0, 0.05) is 12.3 Å². The number of aromatic hydroxyl groups is 1. The molecule has 10 heteroatoms. The first kappa shape index (κ1) is 17.8. The van der Waals surface area contributed by atoms with E-state index < -0.39 is 32.4 Å². The number of hydrogen-bond acceptors (Lipinski definition) is 6. The first-order chi connectivity index (χ1) is 11.1. The second kappa shape index (κ2) is 6.49. The molecule has 0 aromatic heterocycles. The largest absolute Gasteiger partial charge is 0.507 e. The van der Waals surface area contributed by atoms with Crippen molar-refractivity contribution in [1.82, 2.24) is 0 Å². The summed E-state index contributed by atoms with van der Waals surface area (Å²) in [5.74, 6) is -1.97. The van der Waals surface area contributed by atoms with Crippen LogP contribution in [0.2, 0.25) is 0 Å². The highest BCUT2D eigenvalue weighted by Gasteiger charge is 2.18. The van der Waals surface area contributed by atoms with E-state index in [2.05, 4.69) is 0 Å². The highest BCUT2D eigenvalue weighted by atomic mass is 32.2. The molecule has 128 valence electrons. The van der Waals surface area contributed by atoms with E-state index in [0.717, 1.165) is 22.7 Å². The fourth-order valence-electron chi connectivity index (χ4n) is 2.02. The minimum Gasteiger partial charge on any atom is -0.507 e. The molecule has 0 amide bonds. The van der Waals surface area contributed by atoms with Crippen LogP contribution in [0.5, 0.6) is 5.75 Å². The lowest BCUT2D eigenvalue weighted by molar-refractivity contribution is 0.0693. The average Bonchev–Trinajstić information content (AvgIpc) is 2.46. The van der Waals surface area contributed by atoms with Crippen molar-refractivity contribution in [3.8, 4) is 5.75 Å². The van der Waals surface area contributed by atoms with Gasteiger partial charge in [-0.25, -0.2) is 25.9 Å². The number of carboxylic acid groups (broad SMARTS) is 1. The van der Waals surface area contributed by atoms with E-state index in [0.29, 0.717) is 0 Å². The zero-order valence-corrected chi connectivity index (χ0v) is 14.0. The van der Waals surface area contributed by atoms with Gasteiger partial charge in [0.15, 0.2) is 9.84 Å². The number of sulfone groups is 1. The molecule has 0 aliphatic heterocycles. The van der Waals surface area contributed by atoms with Crippen molar-refractivity contribution < 1.29 is 31.8 Å². The lowest BCUT2D eigenvalue weighted by Gasteiger charge is -2.19. The fraction of sp³-hybridized carbons (Fsp3) is 0.0714. The van der Waals surface area contributed by atoms with Crippen LogP contribution in [0, 0.1) is 0 Å². The van der Waals surface area contributed by atoms with E-state index in [1.807, 2.05) is 0 Å². The van der Waals surface area contributed by atoms with Crippen LogP contribution in [-0.4, -0.2) is 39.3 Å². The van der Waals surface area contributed by atoms with Gasteiger partial charge in [0.25, 0.3) is 0 Å². The van der Waals surface area contributed by atoms with E-state index in [9.17, 15) is 26.7 Å². The molecule has 24 heavy (non-hydrogen) atoms. The molecule has 0 aliphatic rings. The average molecular weight is 371 g/mol. The van der Waals surface area contributed by atoms with Crippen LogP contribution in [-0.2, 0) is 20.7 Å². The summed E-state index contributed by atoms with van der Waals surface area (Å²) >= 11 is 0. The standard InChI is InChI=1S/C14H13NO7S2/c1-24(21,22)11-4-2-3-9(7-11)15(23(19)20)10-5-6-12(14(17)18)13(16)8-10/h2-8,16,23H,1H3,(H,17,18). The smallest absolute Gasteiger partial charge is 0.339 e. The number of rotatable bonds is 5. The van der Waals surface area contributed by atoms with Crippen LogP contribution in [0.3, 0.4) is 0 Å². The van der Waals surface area contributed by atoms with Gasteiger partial charge in [0.2, 0.25) is 10.9 Å². The number of hydrogen-bond donors (Lipinski definition) is 3. The summed E-state index contributed by atoms with van der Waals surface area (Å²) in [4.78, 5) is 10.8. The molecular formula is C14H13NO7S2. The summed E-state index contributed by atoms with van der Waals surface area (Å²) in [6.07, 6.45) is 0.987. The summed E-state index contributed by atoms with van der Waals surface area (Å²) in [6, 6.07) is 8.47. The SMILES string of the molecule is CS(=O)(=O)c1cccc(N(c2ccc(C(=O)O)c(O)c2)[SH](=O)=O)c1. The Bertz CT molecular complexity index is 972. The number of anilines is 2. The summed E-state index contributed by atoms with van der Waals surface area (Å²) in [5.41, 5.74) is -0.375. The van der Waals surface area contributed by atoms with Crippen LogP contribution >= 0.6 is 0 Å². The molecule has 0 heterocycles. The van der Waals surface area contributed by atoms with Crippen LogP contribution in [0.15, 0.2) is 47.4 Å². The lowest BCUT2D eigenvalue weighted by atomic mass is 10.2. The molecule has 0 aliphatic carbocycles. The predicted molar refractivity (Wildman–Crippen MR) is 87.1 cm³/mol. The van der Waals surface area contributed by atoms with Crippen LogP contribution in [0.1, 0.15) is 10.4 Å². The number of nitrogens with zero attached hydrogens (tertiary/aromatic N) is 1. The zero-order valence-electron chi connectivity index (χ0n) is 12.3. The third-order valence-electron chi connectivity index (χ3n) is 3.11. The second-order valence-corrected chi connectivity index (χ2v) is 7.72. The van der Waals surface area contributed by atoms with E-state index in [-0.39, 0.29) is 21.8 Å². The van der Waals surface area contributed by atoms with Crippen molar-refractivity contribution in [2.45, 2.75) is 4.90 Å². The first-order valence-corrected chi connectivity index (χ1v) is 9.44. The molecule has 2 N–H and O–H groups in total. The van der Waals surface area contributed by atoms with Gasteiger partial charge in [0.1, 0.15) is 11.3 Å². The fourth-order valence-corrected chi connectivity index (χ4v) is 3.30. The Morgan fingerprint density at radius 2 is 1.71 bits per heavy atom. The lowest BCUT2D eigenvalue weighted by Crippen LogP contribution is -2.15. The minimum absolute atomic E-state index is 0.0285. The van der Waals surface area contributed by atoms with Gasteiger partial charge in [-0.05, 0) is 30.3 Å². The van der Waals surface area contributed by atoms with Crippen molar-refractivity contribution in [2.24, 2.45) is 0 Å². The monoisotopic (exact) mass is 371 g/mol. The number of carbonyl (C=O) groups is 1. The molecule has 0 saturated heterocycles. The molecule has 0 unspecified atom stereocenters. The third-order valence-corrected chi connectivity index (χ3v) is 5.01. The molecular weight excluding hydrogens is 358 g/mol. The highest BCUT2D eigenvalue weighted by Crippen LogP contribution is 2.31. The van der Waals surface area contributed by atoms with E-state index in [1.165, 1.54) is 30.3 Å². The Balaban J connectivity index is 2.60. The Kier molecular flexibility index (Phi) is 4.81. The topological polar surface area (TPSA) is 129 Å². The molecule has 0 bridgehead atoms. The second-order valence-electron chi connectivity index (χ2n) is 4.83. The maximum Gasteiger partial charge on any atom is 0.339 e. The summed E-state index contributed by atoms with van der Waals surface area (Å²) in [5, 5.41) is 18.6. The van der Waals surface area contributed by atoms with E-state index in [4.69, 9.17) is 5.11 Å². The highest BCUT2D eigenvalue weighted by molar-refractivity contribution is 7.90. The molecule has 2 rings (SSSR count). The maximum atomic E-state index is 11.6. The number of thiol groups is 1. The van der Waals surface area contributed by atoms with Crippen molar-refractivity contribution in [3.63, 3.8) is 0 Å². The third kappa shape index (κ3) is 3.66. The van der Waals surface area contributed by atoms with Crippen molar-refractivity contribution in [1.29, 1.82) is 0 Å². The van der Waals surface area contributed by atoms with Crippen LogP contribution in [0.25, 0.3) is 0 Å². The van der Waals surface area contributed by atoms with Gasteiger partial charge >= 0.3 is 5.97 Å². The molecule has 0 spiro atoms. The number of aromatic carboxylic acids is 1. The molecule has 0 saturated carbocycles. The number of benzene rings is 2. The Morgan fingerprint density at radius 1 is 1.08 bits per heavy atom. The molecule has 2 aromatic carbocycles. The van der Waals surface area contributed by atoms with Crippen LogP contribution < -0.4 is 4.31 Å². The van der Waals surface area contributed by atoms with Crippen molar-refractivity contribution in [3.05, 3.63) is 48.0 Å². The Hall–Kier alpha value is -2.59. The maximum absolute atomic E-state index is 11.6. The molecule has 0 fully saturated rings. The van der Waals surface area contributed by atoms with Gasteiger partial charge in [-0.2, -0.15) is 0 Å². The van der Waals surface area contributed by atoms with Crippen LogP contribution in [0.4, 0.5) is 11.4 Å². The predicted octanol–water partition coefficient (Wildman–Crippen LogP) is 1.16. The molecule has 0 atom stereocenters. The van der Waals surface area contributed by atoms with Gasteiger partial charge in [-0.15, -0.1) is 0 Å². The number of carboxylic acids is 1. The Morgan fingerprint density at radius 3 is 2.21 bits per heavy atom.